The Hall–Kier alpha value is -2.90. The third-order valence-corrected chi connectivity index (χ3v) is 5.96. The van der Waals surface area contributed by atoms with Crippen LogP contribution in [-0.4, -0.2) is 42.5 Å². The lowest BCUT2D eigenvalue weighted by atomic mass is 9.96. The van der Waals surface area contributed by atoms with E-state index in [9.17, 15) is 19.2 Å². The fourth-order valence-corrected chi connectivity index (χ4v) is 4.18. The lowest BCUT2D eigenvalue weighted by Gasteiger charge is -2.23. The van der Waals surface area contributed by atoms with Gasteiger partial charge in [0.1, 0.15) is 0 Å². The van der Waals surface area contributed by atoms with Gasteiger partial charge in [-0.05, 0) is 37.8 Å². The van der Waals surface area contributed by atoms with Crippen molar-refractivity contribution in [2.24, 2.45) is 5.92 Å². The predicted octanol–water partition coefficient (Wildman–Crippen LogP) is 2.69. The van der Waals surface area contributed by atoms with E-state index in [-0.39, 0.29) is 24.9 Å². The zero-order valence-electron chi connectivity index (χ0n) is 18.2. The van der Waals surface area contributed by atoms with E-state index in [4.69, 9.17) is 4.74 Å². The summed E-state index contributed by atoms with van der Waals surface area (Å²) in [5.74, 6) is -2.09. The predicted molar refractivity (Wildman–Crippen MR) is 115 cm³/mol. The fourth-order valence-electron chi connectivity index (χ4n) is 4.18. The van der Waals surface area contributed by atoms with Crippen molar-refractivity contribution in [3.05, 3.63) is 29.8 Å². The van der Waals surface area contributed by atoms with E-state index in [1.165, 1.54) is 6.92 Å². The molecule has 1 saturated carbocycles. The van der Waals surface area contributed by atoms with Gasteiger partial charge in [0.15, 0.2) is 6.10 Å². The molecule has 168 valence electrons. The second-order valence-electron chi connectivity index (χ2n) is 8.26. The van der Waals surface area contributed by atoms with Gasteiger partial charge in [-0.3, -0.25) is 19.7 Å². The lowest BCUT2D eigenvalue weighted by molar-refractivity contribution is -0.158. The summed E-state index contributed by atoms with van der Waals surface area (Å²) in [6.45, 7) is 3.64. The molecule has 2 atom stereocenters. The average molecular weight is 430 g/mol. The summed E-state index contributed by atoms with van der Waals surface area (Å²) in [5, 5.41) is 5.03. The topological polar surface area (TPSA) is 105 Å². The number of nitrogens with one attached hydrogen (secondary N) is 2. The monoisotopic (exact) mass is 429 g/mol. The van der Waals surface area contributed by atoms with Gasteiger partial charge in [-0.15, -0.1) is 0 Å². The van der Waals surface area contributed by atoms with E-state index in [2.05, 4.69) is 10.6 Å². The molecule has 8 nitrogen and oxygen atoms in total. The molecule has 0 radical (unpaired) electrons. The van der Waals surface area contributed by atoms with Crippen LogP contribution in [0.15, 0.2) is 24.3 Å². The first-order chi connectivity index (χ1) is 14.9. The van der Waals surface area contributed by atoms with Crippen LogP contribution in [0.25, 0.3) is 0 Å². The van der Waals surface area contributed by atoms with Crippen molar-refractivity contribution in [1.82, 2.24) is 10.6 Å². The van der Waals surface area contributed by atoms with Crippen LogP contribution >= 0.6 is 0 Å². The number of nitrogens with zero attached hydrogens (tertiary/aromatic N) is 1. The van der Waals surface area contributed by atoms with E-state index in [0.717, 1.165) is 49.8 Å². The number of esters is 1. The molecule has 31 heavy (non-hydrogen) atoms. The van der Waals surface area contributed by atoms with Gasteiger partial charge in [-0.25, -0.2) is 4.79 Å². The molecule has 2 N–H and O–H groups in total. The lowest BCUT2D eigenvalue weighted by Crippen LogP contribution is -2.48. The molecule has 0 aromatic heterocycles. The number of ether oxygens (including phenoxy) is 1. The van der Waals surface area contributed by atoms with Gasteiger partial charge in [-0.1, -0.05) is 44.4 Å². The van der Waals surface area contributed by atoms with Gasteiger partial charge in [-0.2, -0.15) is 0 Å². The van der Waals surface area contributed by atoms with Crippen LogP contribution < -0.4 is 15.5 Å². The van der Waals surface area contributed by atoms with Crippen molar-refractivity contribution >= 4 is 29.5 Å². The first-order valence-corrected chi connectivity index (χ1v) is 11.1. The number of aryl methyl sites for hydroxylation is 1. The van der Waals surface area contributed by atoms with Crippen molar-refractivity contribution < 1.29 is 23.9 Å². The molecule has 0 spiro atoms. The number of carbonyl (C=O) groups is 4. The van der Waals surface area contributed by atoms with Crippen LogP contribution in [-0.2, 0) is 25.5 Å². The van der Waals surface area contributed by atoms with Gasteiger partial charge in [0.25, 0.3) is 5.91 Å². The highest BCUT2D eigenvalue weighted by Crippen LogP contribution is 2.29. The maximum atomic E-state index is 12.6. The van der Waals surface area contributed by atoms with Gasteiger partial charge in [0.2, 0.25) is 5.91 Å². The first-order valence-electron chi connectivity index (χ1n) is 11.1. The van der Waals surface area contributed by atoms with Crippen molar-refractivity contribution in [3.63, 3.8) is 0 Å². The fraction of sp³-hybridized carbons (Fsp3) is 0.565. The third kappa shape index (κ3) is 5.83. The van der Waals surface area contributed by atoms with Crippen molar-refractivity contribution in [2.75, 3.05) is 11.4 Å². The second kappa shape index (κ2) is 10.4. The maximum Gasteiger partial charge on any atom is 0.321 e. The number of hydrogen-bond acceptors (Lipinski definition) is 5. The summed E-state index contributed by atoms with van der Waals surface area (Å²) in [6, 6.07) is 7.10. The highest BCUT2D eigenvalue weighted by molar-refractivity contribution is 6.01. The second-order valence-corrected chi connectivity index (χ2v) is 8.26. The normalized spacial score (nSPS) is 20.3. The Morgan fingerprint density at radius 2 is 1.87 bits per heavy atom. The standard InChI is InChI=1S/C23H31N3O5/c1-3-16-9-7-8-12-19(16)26-14-17(13-20(26)27)22(29)31-15(2)21(28)25-23(30)24-18-10-5-4-6-11-18/h7-9,12,15,17-18H,3-6,10-11,13-14H2,1-2H3,(H2,24,25,28,30)/t15-,17+/m1/s1. The molecule has 1 aliphatic heterocycles. The minimum absolute atomic E-state index is 0.0351. The quantitative estimate of drug-likeness (QED) is 0.677. The van der Waals surface area contributed by atoms with Crippen LogP contribution in [0.1, 0.15) is 57.9 Å². The molecule has 2 fully saturated rings. The minimum atomic E-state index is -1.13. The van der Waals surface area contributed by atoms with E-state index in [1.54, 1.807) is 4.90 Å². The Kier molecular flexibility index (Phi) is 7.65. The molecular weight excluding hydrogens is 398 g/mol. The number of imide groups is 1. The Labute approximate surface area is 182 Å². The SMILES string of the molecule is CCc1ccccc1N1C[C@@H](C(=O)O[C@H](C)C(=O)NC(=O)NC2CCCCC2)CC1=O. The Balaban J connectivity index is 1.50. The van der Waals surface area contributed by atoms with Crippen LogP contribution in [0, 0.1) is 5.92 Å². The number of benzene rings is 1. The summed E-state index contributed by atoms with van der Waals surface area (Å²) in [7, 11) is 0. The summed E-state index contributed by atoms with van der Waals surface area (Å²) < 4.78 is 5.27. The zero-order valence-corrected chi connectivity index (χ0v) is 18.2. The third-order valence-electron chi connectivity index (χ3n) is 5.96. The summed E-state index contributed by atoms with van der Waals surface area (Å²) in [5.41, 5.74) is 1.83. The molecule has 1 heterocycles. The van der Waals surface area contributed by atoms with Gasteiger partial charge >= 0.3 is 12.0 Å². The molecule has 1 aliphatic carbocycles. The first kappa shape index (κ1) is 22.8. The van der Waals surface area contributed by atoms with E-state index in [1.807, 2.05) is 31.2 Å². The number of anilines is 1. The van der Waals surface area contributed by atoms with E-state index >= 15 is 0 Å². The number of urea groups is 1. The van der Waals surface area contributed by atoms with Gasteiger partial charge < -0.3 is 15.0 Å². The Bertz CT molecular complexity index is 834. The molecule has 1 aromatic rings. The molecule has 3 rings (SSSR count). The number of para-hydroxylation sites is 1. The van der Waals surface area contributed by atoms with Crippen LogP contribution in [0.2, 0.25) is 0 Å². The number of amides is 4. The van der Waals surface area contributed by atoms with Crippen molar-refractivity contribution in [2.45, 2.75) is 70.9 Å². The Morgan fingerprint density at radius 1 is 1.16 bits per heavy atom. The van der Waals surface area contributed by atoms with Crippen molar-refractivity contribution in [3.8, 4) is 0 Å². The van der Waals surface area contributed by atoms with E-state index < -0.39 is 29.9 Å². The molecule has 8 heteroatoms. The van der Waals surface area contributed by atoms with Crippen molar-refractivity contribution in [1.29, 1.82) is 0 Å². The highest BCUT2D eigenvalue weighted by atomic mass is 16.5. The van der Waals surface area contributed by atoms with E-state index in [0.29, 0.717) is 0 Å². The molecule has 4 amide bonds. The molecule has 0 bridgehead atoms. The molecule has 2 aliphatic rings. The van der Waals surface area contributed by atoms with Crippen LogP contribution in [0.4, 0.5) is 10.5 Å². The maximum absolute atomic E-state index is 12.6. The van der Waals surface area contributed by atoms with Crippen LogP contribution in [0.3, 0.4) is 0 Å². The largest absolute Gasteiger partial charge is 0.452 e. The molecular formula is C23H31N3O5. The highest BCUT2D eigenvalue weighted by Gasteiger charge is 2.38. The van der Waals surface area contributed by atoms with Gasteiger partial charge in [0.05, 0.1) is 5.92 Å². The molecule has 1 saturated heterocycles. The zero-order chi connectivity index (χ0) is 22.4. The molecule has 0 unspecified atom stereocenters. The smallest absolute Gasteiger partial charge is 0.321 e. The number of hydrogen-bond donors (Lipinski definition) is 2. The van der Waals surface area contributed by atoms with Gasteiger partial charge in [0, 0.05) is 24.7 Å². The average Bonchev–Trinajstić information content (AvgIpc) is 3.15. The molecule has 1 aromatic carbocycles. The number of carbonyl (C=O) groups excluding carboxylic acids is 4. The minimum Gasteiger partial charge on any atom is -0.452 e. The summed E-state index contributed by atoms with van der Waals surface area (Å²) >= 11 is 0. The van der Waals surface area contributed by atoms with Crippen LogP contribution in [0.5, 0.6) is 0 Å². The summed E-state index contributed by atoms with van der Waals surface area (Å²) in [4.78, 5) is 50.9. The number of rotatable bonds is 6. The summed E-state index contributed by atoms with van der Waals surface area (Å²) in [6.07, 6.45) is 4.77. The Morgan fingerprint density at radius 3 is 2.58 bits per heavy atom.